The number of carboxylic acid groups (broad SMARTS) is 1. The zero-order valence-corrected chi connectivity index (χ0v) is 20.8. The summed E-state index contributed by atoms with van der Waals surface area (Å²) in [4.78, 5) is 54.9. The lowest BCUT2D eigenvalue weighted by molar-refractivity contribution is -0.180. The van der Waals surface area contributed by atoms with Crippen molar-refractivity contribution >= 4 is 29.8 Å². The molecule has 0 rings (SSSR count). The Balaban J connectivity index is 6.95. The Hall–Kier alpha value is -2.89. The molecule has 0 aromatic heterocycles. The van der Waals surface area contributed by atoms with Crippen LogP contribution in [0.2, 0.25) is 0 Å². The molecule has 0 saturated carbocycles. The van der Waals surface area contributed by atoms with E-state index in [4.69, 9.17) is 31.4 Å². The van der Waals surface area contributed by atoms with E-state index in [1.807, 2.05) is 0 Å². The van der Waals surface area contributed by atoms with Gasteiger partial charge in [0.05, 0.1) is 5.92 Å². The summed E-state index contributed by atoms with van der Waals surface area (Å²) < 4.78 is 16.0. The molecule has 7 N–H and O–H groups in total. The van der Waals surface area contributed by atoms with Crippen LogP contribution in [0, 0.1) is 11.8 Å². The third-order valence-electron chi connectivity index (χ3n) is 3.69. The van der Waals surface area contributed by atoms with E-state index in [1.165, 1.54) is 20.8 Å². The van der Waals surface area contributed by atoms with Crippen LogP contribution in [0.25, 0.3) is 0 Å². The average Bonchev–Trinajstić information content (AvgIpc) is 2.51. The van der Waals surface area contributed by atoms with Crippen LogP contribution < -0.4 is 17.2 Å². The summed E-state index contributed by atoms with van der Waals surface area (Å²) in [5.41, 5.74) is 13.6. The van der Waals surface area contributed by atoms with Gasteiger partial charge in [0.25, 0.3) is 0 Å². The highest BCUT2D eigenvalue weighted by atomic mass is 16.6. The van der Waals surface area contributed by atoms with Crippen LogP contribution in [-0.4, -0.2) is 63.8 Å². The summed E-state index contributed by atoms with van der Waals surface area (Å²) >= 11 is 0. The normalized spacial score (nSPS) is 15.9. The van der Waals surface area contributed by atoms with Gasteiger partial charge in [0.1, 0.15) is 28.8 Å². The third-order valence-corrected chi connectivity index (χ3v) is 3.69. The van der Waals surface area contributed by atoms with Crippen LogP contribution in [0.5, 0.6) is 0 Å². The minimum absolute atomic E-state index is 0.605. The van der Waals surface area contributed by atoms with Gasteiger partial charge in [-0.05, 0) is 62.3 Å². The molecule has 4 atom stereocenters. The monoisotopic (exact) mass is 474 g/mol. The number of hydrogen-bond acceptors (Lipinski definition) is 9. The molecule has 0 amide bonds. The number of ether oxygens (including phenoxy) is 3. The SMILES string of the molecule is CC(C)(C)OC(=O)C(N=C(N)N)C(C(=O)OC(C)(C)C)C(C(=O)OC(C)(C)C)C(N)C(=O)O. The number of nitrogens with zero attached hydrogens (tertiary/aromatic N) is 1. The second-order valence-corrected chi connectivity index (χ2v) is 10.5. The van der Waals surface area contributed by atoms with E-state index in [0.717, 1.165) is 0 Å². The van der Waals surface area contributed by atoms with E-state index in [2.05, 4.69) is 4.99 Å². The topological polar surface area (TPSA) is 207 Å². The maximum Gasteiger partial charge on any atom is 0.332 e. The van der Waals surface area contributed by atoms with Crippen LogP contribution >= 0.6 is 0 Å². The fourth-order valence-corrected chi connectivity index (χ4v) is 2.68. The fraction of sp³-hybridized carbons (Fsp3) is 0.762. The predicted molar refractivity (Wildman–Crippen MR) is 120 cm³/mol. The number of guanidine groups is 1. The lowest BCUT2D eigenvalue weighted by Crippen LogP contribution is -2.55. The Kier molecular flexibility index (Phi) is 9.87. The molecule has 190 valence electrons. The first-order chi connectivity index (χ1) is 14.6. The van der Waals surface area contributed by atoms with Crippen LogP contribution in [0.3, 0.4) is 0 Å². The Morgan fingerprint density at radius 3 is 1.33 bits per heavy atom. The number of carboxylic acids is 1. The van der Waals surface area contributed by atoms with Crippen molar-refractivity contribution in [3.63, 3.8) is 0 Å². The molecule has 0 aliphatic heterocycles. The molecular formula is C21H38N4O8. The highest BCUT2D eigenvalue weighted by Gasteiger charge is 2.51. The van der Waals surface area contributed by atoms with E-state index in [-0.39, 0.29) is 0 Å². The molecule has 0 fully saturated rings. The van der Waals surface area contributed by atoms with Gasteiger partial charge in [-0.25, -0.2) is 9.79 Å². The number of nitrogens with two attached hydrogens (primary N) is 3. The van der Waals surface area contributed by atoms with E-state index >= 15 is 0 Å². The second kappa shape index (κ2) is 10.8. The van der Waals surface area contributed by atoms with Crippen LogP contribution in [-0.2, 0) is 33.4 Å². The number of hydrogen-bond donors (Lipinski definition) is 4. The lowest BCUT2D eigenvalue weighted by atomic mass is 9.80. The predicted octanol–water partition coefficient (Wildman–Crippen LogP) is 0.298. The molecule has 0 saturated heterocycles. The number of esters is 3. The first kappa shape index (κ1) is 30.1. The van der Waals surface area contributed by atoms with Crippen molar-refractivity contribution in [2.75, 3.05) is 0 Å². The van der Waals surface area contributed by atoms with Gasteiger partial charge >= 0.3 is 23.9 Å². The molecular weight excluding hydrogens is 436 g/mol. The number of carbonyl (C=O) groups excluding carboxylic acids is 3. The lowest BCUT2D eigenvalue weighted by Gasteiger charge is -2.34. The zero-order valence-electron chi connectivity index (χ0n) is 20.8. The molecule has 0 aromatic rings. The second-order valence-electron chi connectivity index (χ2n) is 10.5. The summed E-state index contributed by atoms with van der Waals surface area (Å²) in [6, 6.07) is -3.80. The average molecular weight is 475 g/mol. The number of rotatable bonds is 8. The van der Waals surface area contributed by atoms with Crippen molar-refractivity contribution in [2.45, 2.75) is 91.2 Å². The third kappa shape index (κ3) is 11.0. The van der Waals surface area contributed by atoms with Gasteiger partial charge in [0.15, 0.2) is 12.0 Å². The molecule has 0 aromatic carbocycles. The molecule has 0 aliphatic carbocycles. The molecule has 0 spiro atoms. The van der Waals surface area contributed by atoms with Gasteiger partial charge in [0.2, 0.25) is 0 Å². The first-order valence-corrected chi connectivity index (χ1v) is 10.3. The van der Waals surface area contributed by atoms with Gasteiger partial charge in [-0.2, -0.15) is 0 Å². The Labute approximate surface area is 194 Å². The molecule has 4 unspecified atom stereocenters. The maximum atomic E-state index is 13.3. The number of aliphatic imine (C=N–C) groups is 1. The number of aliphatic carboxylic acids is 1. The molecule has 12 nitrogen and oxygen atoms in total. The minimum Gasteiger partial charge on any atom is -0.480 e. The van der Waals surface area contributed by atoms with E-state index in [1.54, 1.807) is 41.5 Å². The highest BCUT2D eigenvalue weighted by molar-refractivity contribution is 5.94. The standard InChI is InChI=1S/C21H38N4O8/c1-19(2,3)31-15(28)10(12(22)14(26)27)11(16(29)32-20(4,5)6)13(25-18(23)24)17(30)33-21(7,8)9/h10-13H,22H2,1-9H3,(H,26,27)(H4,23,24,25). The molecule has 12 heteroatoms. The molecule has 33 heavy (non-hydrogen) atoms. The smallest absolute Gasteiger partial charge is 0.332 e. The Morgan fingerprint density at radius 1 is 0.697 bits per heavy atom. The first-order valence-electron chi connectivity index (χ1n) is 10.3. The van der Waals surface area contributed by atoms with E-state index in [0.29, 0.717) is 0 Å². The summed E-state index contributed by atoms with van der Waals surface area (Å²) in [5.74, 6) is -9.35. The summed E-state index contributed by atoms with van der Waals surface area (Å²) in [6.07, 6.45) is 0. The minimum atomic E-state index is -1.96. The molecule has 0 aliphatic rings. The van der Waals surface area contributed by atoms with Crippen LogP contribution in [0.15, 0.2) is 4.99 Å². The van der Waals surface area contributed by atoms with Gasteiger partial charge < -0.3 is 36.5 Å². The van der Waals surface area contributed by atoms with Gasteiger partial charge in [-0.3, -0.25) is 14.4 Å². The number of carbonyl (C=O) groups is 4. The Bertz CT molecular complexity index is 771. The van der Waals surface area contributed by atoms with Crippen molar-refractivity contribution in [1.82, 2.24) is 0 Å². The molecule has 0 radical (unpaired) electrons. The fourth-order valence-electron chi connectivity index (χ4n) is 2.68. The Morgan fingerprint density at radius 2 is 1.03 bits per heavy atom. The van der Waals surface area contributed by atoms with E-state index in [9.17, 15) is 24.3 Å². The molecule has 0 bridgehead atoms. The van der Waals surface area contributed by atoms with Crippen molar-refractivity contribution in [1.29, 1.82) is 0 Å². The van der Waals surface area contributed by atoms with Crippen molar-refractivity contribution in [2.24, 2.45) is 34.0 Å². The van der Waals surface area contributed by atoms with Crippen LogP contribution in [0.4, 0.5) is 0 Å². The van der Waals surface area contributed by atoms with Crippen molar-refractivity contribution < 1.29 is 38.5 Å². The quantitative estimate of drug-likeness (QED) is 0.163. The zero-order chi connectivity index (χ0) is 26.5. The summed E-state index contributed by atoms with van der Waals surface area (Å²) in [6.45, 7) is 13.9. The largest absolute Gasteiger partial charge is 0.480 e. The summed E-state index contributed by atoms with van der Waals surface area (Å²) in [7, 11) is 0. The van der Waals surface area contributed by atoms with E-state index < -0.39 is 70.6 Å². The van der Waals surface area contributed by atoms with Crippen LogP contribution in [0.1, 0.15) is 62.3 Å². The molecule has 0 heterocycles. The van der Waals surface area contributed by atoms with Crippen molar-refractivity contribution in [3.8, 4) is 0 Å². The van der Waals surface area contributed by atoms with Gasteiger partial charge in [-0.15, -0.1) is 0 Å². The van der Waals surface area contributed by atoms with Gasteiger partial charge in [0, 0.05) is 0 Å². The van der Waals surface area contributed by atoms with Gasteiger partial charge in [-0.1, -0.05) is 0 Å². The summed E-state index contributed by atoms with van der Waals surface area (Å²) in [5, 5.41) is 9.57. The highest BCUT2D eigenvalue weighted by Crippen LogP contribution is 2.30. The van der Waals surface area contributed by atoms with Crippen molar-refractivity contribution in [3.05, 3.63) is 0 Å². The maximum absolute atomic E-state index is 13.3.